The third-order valence-corrected chi connectivity index (χ3v) is 4.84. The highest BCUT2D eigenvalue weighted by Gasteiger charge is 2.35. The molecule has 2 rings (SSSR count). The highest BCUT2D eigenvalue weighted by Crippen LogP contribution is 2.41. The molecule has 0 atom stereocenters. The lowest BCUT2D eigenvalue weighted by atomic mass is 10.0. The number of ether oxygens (including phenoxy) is 2. The average molecular weight is 422 g/mol. The van der Waals surface area contributed by atoms with Crippen LogP contribution in [0.4, 0.5) is 11.4 Å². The van der Waals surface area contributed by atoms with Crippen LogP contribution in [0.2, 0.25) is 0 Å². The van der Waals surface area contributed by atoms with Crippen LogP contribution >= 0.6 is 0 Å². The van der Waals surface area contributed by atoms with E-state index in [4.69, 9.17) is 9.47 Å². The molecule has 166 valence electrons. The van der Waals surface area contributed by atoms with Crippen molar-refractivity contribution in [3.63, 3.8) is 0 Å². The molecule has 0 aromatic heterocycles. The van der Waals surface area contributed by atoms with E-state index in [1.54, 1.807) is 25.7 Å². The van der Waals surface area contributed by atoms with Crippen molar-refractivity contribution in [1.29, 1.82) is 0 Å². The first-order valence-corrected chi connectivity index (χ1v) is 9.86. The summed E-state index contributed by atoms with van der Waals surface area (Å²) in [6.45, 7) is 10.5. The summed E-state index contributed by atoms with van der Waals surface area (Å²) in [6, 6.07) is 1.21. The van der Waals surface area contributed by atoms with Crippen molar-refractivity contribution in [3.8, 4) is 5.75 Å². The van der Waals surface area contributed by atoms with Crippen LogP contribution in [0.5, 0.6) is 5.75 Å². The van der Waals surface area contributed by atoms with E-state index in [9.17, 15) is 19.7 Å². The number of rotatable bonds is 6. The summed E-state index contributed by atoms with van der Waals surface area (Å²) >= 11 is 0. The average Bonchev–Trinajstić information content (AvgIpc) is 2.70. The summed E-state index contributed by atoms with van der Waals surface area (Å²) in [5.41, 5.74) is -1.60. The monoisotopic (exact) mass is 422 g/mol. The zero-order valence-electron chi connectivity index (χ0n) is 18.4. The van der Waals surface area contributed by atoms with E-state index < -0.39 is 22.2 Å². The molecular weight excluding hydrogens is 392 g/mol. The molecule has 1 N–H and O–H groups in total. The van der Waals surface area contributed by atoms with Crippen molar-refractivity contribution in [1.82, 2.24) is 9.80 Å². The molecule has 1 heterocycles. The Hall–Kier alpha value is -2.88. The number of likely N-dealkylation sites (N-methyl/N-ethyl adjacent to an activating group) is 1. The van der Waals surface area contributed by atoms with Crippen LogP contribution in [0, 0.1) is 10.1 Å². The van der Waals surface area contributed by atoms with Crippen molar-refractivity contribution in [2.75, 3.05) is 52.2 Å². The van der Waals surface area contributed by atoms with Crippen LogP contribution < -0.4 is 10.1 Å². The van der Waals surface area contributed by atoms with Gasteiger partial charge in [0.1, 0.15) is 11.2 Å². The van der Waals surface area contributed by atoms with Gasteiger partial charge in [-0.05, 0) is 33.4 Å². The van der Waals surface area contributed by atoms with Gasteiger partial charge in [-0.2, -0.15) is 0 Å². The Labute approximate surface area is 176 Å². The normalized spacial score (nSPS) is 14.9. The number of benzene rings is 1. The van der Waals surface area contributed by atoms with Gasteiger partial charge in [-0.1, -0.05) is 6.92 Å². The summed E-state index contributed by atoms with van der Waals surface area (Å²) in [5.74, 6) is -1.20. The number of nitrogens with zero attached hydrogens (tertiary/aromatic N) is 3. The van der Waals surface area contributed by atoms with Crippen LogP contribution in [0.3, 0.4) is 0 Å². The second-order valence-corrected chi connectivity index (χ2v) is 7.96. The van der Waals surface area contributed by atoms with E-state index in [2.05, 4.69) is 17.1 Å². The Kier molecular flexibility index (Phi) is 7.25. The van der Waals surface area contributed by atoms with Crippen molar-refractivity contribution in [2.24, 2.45) is 0 Å². The van der Waals surface area contributed by atoms with Gasteiger partial charge in [0.15, 0.2) is 11.4 Å². The molecule has 0 unspecified atom stereocenters. The fourth-order valence-corrected chi connectivity index (χ4v) is 3.37. The SMILES string of the molecule is CCN1CCN(C(=O)c2cc(C(=O)OC(C)(C)C)c([N+](=O)[O-])c(NC)c2OC)CC1. The highest BCUT2D eigenvalue weighted by molar-refractivity contribution is 6.06. The van der Waals surface area contributed by atoms with E-state index in [-0.39, 0.29) is 28.5 Å². The van der Waals surface area contributed by atoms with E-state index >= 15 is 0 Å². The van der Waals surface area contributed by atoms with Crippen molar-refractivity contribution in [2.45, 2.75) is 33.3 Å². The first-order chi connectivity index (χ1) is 14.0. The third kappa shape index (κ3) is 4.99. The van der Waals surface area contributed by atoms with Crippen LogP contribution in [0.15, 0.2) is 6.07 Å². The van der Waals surface area contributed by atoms with Crippen LogP contribution in [-0.2, 0) is 4.74 Å². The van der Waals surface area contributed by atoms with Gasteiger partial charge in [-0.25, -0.2) is 4.79 Å². The molecule has 0 saturated carbocycles. The van der Waals surface area contributed by atoms with E-state index in [1.807, 2.05) is 0 Å². The number of carbonyl (C=O) groups excluding carboxylic acids is 2. The van der Waals surface area contributed by atoms with Crippen molar-refractivity contribution < 1.29 is 24.0 Å². The second kappa shape index (κ2) is 9.29. The molecule has 1 fully saturated rings. The molecule has 0 aliphatic carbocycles. The second-order valence-electron chi connectivity index (χ2n) is 7.96. The number of hydrogen-bond donors (Lipinski definition) is 1. The van der Waals surface area contributed by atoms with E-state index in [1.165, 1.54) is 20.2 Å². The molecule has 1 aliphatic rings. The van der Waals surface area contributed by atoms with Crippen LogP contribution in [0.25, 0.3) is 0 Å². The van der Waals surface area contributed by atoms with Gasteiger partial charge in [-0.15, -0.1) is 0 Å². The number of piperazine rings is 1. The molecule has 10 nitrogen and oxygen atoms in total. The summed E-state index contributed by atoms with van der Waals surface area (Å²) in [6.07, 6.45) is 0. The smallest absolute Gasteiger partial charge is 0.345 e. The molecule has 0 bridgehead atoms. The number of esters is 1. The quantitative estimate of drug-likeness (QED) is 0.422. The predicted octanol–water partition coefficient (Wildman–Crippen LogP) is 2.38. The summed E-state index contributed by atoms with van der Waals surface area (Å²) in [4.78, 5) is 41.0. The fourth-order valence-electron chi connectivity index (χ4n) is 3.37. The number of anilines is 1. The third-order valence-electron chi connectivity index (χ3n) is 4.84. The first kappa shape index (κ1) is 23.4. The number of hydrogen-bond acceptors (Lipinski definition) is 8. The number of carbonyl (C=O) groups is 2. The number of amides is 1. The Morgan fingerprint density at radius 1 is 1.20 bits per heavy atom. The largest absolute Gasteiger partial charge is 0.493 e. The number of nitrogens with one attached hydrogen (secondary N) is 1. The standard InChI is InChI=1S/C20H30N4O6/c1-7-22-8-10-23(11-9-22)18(25)14-12-13(19(26)30-20(2,3)4)16(24(27)28)15(21-5)17(14)29-6/h12,21H,7-11H2,1-6H3. The molecule has 1 aromatic rings. The summed E-state index contributed by atoms with van der Waals surface area (Å²) in [5, 5.41) is 14.5. The first-order valence-electron chi connectivity index (χ1n) is 9.86. The molecule has 1 saturated heterocycles. The van der Waals surface area contributed by atoms with Crippen LogP contribution in [-0.4, -0.2) is 79.1 Å². The molecule has 0 radical (unpaired) electrons. The zero-order chi connectivity index (χ0) is 22.6. The van der Waals surface area contributed by atoms with Gasteiger partial charge >= 0.3 is 11.7 Å². The van der Waals surface area contributed by atoms with Gasteiger partial charge in [0.05, 0.1) is 17.6 Å². The summed E-state index contributed by atoms with van der Waals surface area (Å²) in [7, 11) is 2.80. The highest BCUT2D eigenvalue weighted by atomic mass is 16.6. The summed E-state index contributed by atoms with van der Waals surface area (Å²) < 4.78 is 10.7. The molecule has 1 aromatic carbocycles. The lowest BCUT2D eigenvalue weighted by molar-refractivity contribution is -0.384. The Morgan fingerprint density at radius 3 is 2.23 bits per heavy atom. The van der Waals surface area contributed by atoms with Crippen LogP contribution in [0.1, 0.15) is 48.4 Å². The van der Waals surface area contributed by atoms with E-state index in [0.717, 1.165) is 19.6 Å². The minimum atomic E-state index is -0.877. The van der Waals surface area contributed by atoms with E-state index in [0.29, 0.717) is 13.1 Å². The topological polar surface area (TPSA) is 114 Å². The van der Waals surface area contributed by atoms with Gasteiger partial charge in [0.25, 0.3) is 5.91 Å². The molecule has 10 heteroatoms. The molecular formula is C20H30N4O6. The number of methoxy groups -OCH3 is 1. The Morgan fingerprint density at radius 2 is 1.80 bits per heavy atom. The van der Waals surface area contributed by atoms with Gasteiger partial charge in [0, 0.05) is 33.2 Å². The zero-order valence-corrected chi connectivity index (χ0v) is 18.4. The fraction of sp³-hybridized carbons (Fsp3) is 0.600. The van der Waals surface area contributed by atoms with Gasteiger partial charge in [0.2, 0.25) is 0 Å². The van der Waals surface area contributed by atoms with Gasteiger partial charge in [-0.3, -0.25) is 14.9 Å². The molecule has 1 aliphatic heterocycles. The predicted molar refractivity (Wildman–Crippen MR) is 112 cm³/mol. The number of nitro benzene ring substituents is 1. The van der Waals surface area contributed by atoms with Crippen molar-refractivity contribution in [3.05, 3.63) is 27.3 Å². The van der Waals surface area contributed by atoms with Gasteiger partial charge < -0.3 is 24.6 Å². The Balaban J connectivity index is 2.59. The maximum Gasteiger partial charge on any atom is 0.345 e. The molecule has 0 spiro atoms. The lowest BCUT2D eigenvalue weighted by Crippen LogP contribution is -2.48. The minimum absolute atomic E-state index is 0.0272. The van der Waals surface area contributed by atoms with Crippen molar-refractivity contribution >= 4 is 23.3 Å². The maximum atomic E-state index is 13.3. The lowest BCUT2D eigenvalue weighted by Gasteiger charge is -2.34. The Bertz CT molecular complexity index is 826. The maximum absolute atomic E-state index is 13.3. The number of nitro groups is 1. The molecule has 1 amide bonds. The minimum Gasteiger partial charge on any atom is -0.493 e. The molecule has 30 heavy (non-hydrogen) atoms.